The number of nitrogens with one attached hydrogen (secondary N) is 2. The Balaban J connectivity index is 1.64. The summed E-state index contributed by atoms with van der Waals surface area (Å²) in [5, 5.41) is 4.14. The number of hydrazine groups is 1. The third-order valence-corrected chi connectivity index (χ3v) is 4.25. The first-order valence-electron chi connectivity index (χ1n) is 8.65. The SMILES string of the molecule is COC(CNC(=O)C1=NCC(=O)N(c2ccc(C)cc2)N1)c1ccccc1. The largest absolute Gasteiger partial charge is 0.375 e. The Hall–Kier alpha value is -3.19. The average molecular weight is 366 g/mol. The van der Waals surface area contributed by atoms with Crippen LogP contribution < -0.4 is 15.8 Å². The number of anilines is 1. The van der Waals surface area contributed by atoms with Gasteiger partial charge in [-0.05, 0) is 24.6 Å². The molecule has 0 radical (unpaired) electrons. The van der Waals surface area contributed by atoms with Crippen molar-refractivity contribution >= 4 is 23.3 Å². The summed E-state index contributed by atoms with van der Waals surface area (Å²) in [5.74, 6) is -0.523. The highest BCUT2D eigenvalue weighted by Gasteiger charge is 2.26. The summed E-state index contributed by atoms with van der Waals surface area (Å²) in [7, 11) is 1.60. The number of benzene rings is 2. The fourth-order valence-corrected chi connectivity index (χ4v) is 2.72. The Morgan fingerprint density at radius 1 is 1.22 bits per heavy atom. The van der Waals surface area contributed by atoms with E-state index in [1.807, 2.05) is 61.5 Å². The second kappa shape index (κ2) is 8.46. The maximum atomic E-state index is 12.5. The number of methoxy groups -OCH3 is 1. The van der Waals surface area contributed by atoms with E-state index in [4.69, 9.17) is 4.74 Å². The van der Waals surface area contributed by atoms with Crippen LogP contribution in [0.3, 0.4) is 0 Å². The zero-order chi connectivity index (χ0) is 19.2. The van der Waals surface area contributed by atoms with Gasteiger partial charge in [-0.25, -0.2) is 5.01 Å². The summed E-state index contributed by atoms with van der Waals surface area (Å²) in [6.07, 6.45) is -0.269. The van der Waals surface area contributed by atoms with Crippen LogP contribution in [-0.4, -0.2) is 37.8 Å². The van der Waals surface area contributed by atoms with Gasteiger partial charge in [0.2, 0.25) is 5.84 Å². The molecule has 7 heteroatoms. The molecule has 0 fully saturated rings. The number of carbonyl (C=O) groups excluding carboxylic acids is 2. The van der Waals surface area contributed by atoms with Crippen molar-refractivity contribution in [3.05, 3.63) is 65.7 Å². The van der Waals surface area contributed by atoms with Crippen LogP contribution in [0.5, 0.6) is 0 Å². The van der Waals surface area contributed by atoms with Gasteiger partial charge in [-0.2, -0.15) is 0 Å². The summed E-state index contributed by atoms with van der Waals surface area (Å²) >= 11 is 0. The van der Waals surface area contributed by atoms with Gasteiger partial charge in [0, 0.05) is 13.7 Å². The lowest BCUT2D eigenvalue weighted by Crippen LogP contribution is -2.56. The molecule has 2 aromatic carbocycles. The predicted octanol–water partition coefficient (Wildman–Crippen LogP) is 1.75. The lowest BCUT2D eigenvalue weighted by Gasteiger charge is -2.28. The minimum atomic E-state index is -0.391. The van der Waals surface area contributed by atoms with E-state index in [0.717, 1.165) is 11.1 Å². The molecule has 3 rings (SSSR count). The molecule has 1 atom stereocenters. The summed E-state index contributed by atoms with van der Waals surface area (Å²) in [6, 6.07) is 17.1. The molecule has 7 nitrogen and oxygen atoms in total. The molecule has 27 heavy (non-hydrogen) atoms. The summed E-state index contributed by atoms with van der Waals surface area (Å²) in [5.41, 5.74) is 5.51. The van der Waals surface area contributed by atoms with Gasteiger partial charge in [-0.3, -0.25) is 20.0 Å². The Kier molecular flexibility index (Phi) is 5.83. The van der Waals surface area contributed by atoms with E-state index >= 15 is 0 Å². The lowest BCUT2D eigenvalue weighted by molar-refractivity contribution is -0.118. The topological polar surface area (TPSA) is 83.0 Å². The molecule has 0 saturated carbocycles. The van der Waals surface area contributed by atoms with Gasteiger partial charge >= 0.3 is 0 Å². The number of nitrogens with zero attached hydrogens (tertiary/aromatic N) is 2. The second-order valence-electron chi connectivity index (χ2n) is 6.19. The zero-order valence-corrected chi connectivity index (χ0v) is 15.3. The number of hydrogen-bond acceptors (Lipinski definition) is 5. The molecule has 0 bridgehead atoms. The van der Waals surface area contributed by atoms with Crippen molar-refractivity contribution in [2.45, 2.75) is 13.0 Å². The molecule has 0 aromatic heterocycles. The van der Waals surface area contributed by atoms with Crippen LogP contribution in [0.4, 0.5) is 5.69 Å². The number of aliphatic imine (C=N–C) groups is 1. The highest BCUT2D eigenvalue weighted by molar-refractivity contribution is 6.39. The molecule has 0 aliphatic carbocycles. The highest BCUT2D eigenvalue weighted by atomic mass is 16.5. The molecule has 2 aromatic rings. The quantitative estimate of drug-likeness (QED) is 0.816. The van der Waals surface area contributed by atoms with Crippen LogP contribution in [0, 0.1) is 6.92 Å². The maximum Gasteiger partial charge on any atom is 0.288 e. The average Bonchev–Trinajstić information content (AvgIpc) is 2.70. The standard InChI is InChI=1S/C20H22N4O3/c1-14-8-10-16(11-9-14)24-18(25)13-21-19(23-24)20(26)22-12-17(27-2)15-6-4-3-5-7-15/h3-11,17H,12-13H2,1-2H3,(H,21,23)(H,22,26). The van der Waals surface area contributed by atoms with E-state index < -0.39 is 5.91 Å². The normalized spacial score (nSPS) is 15.0. The molecule has 2 N–H and O–H groups in total. The first-order chi connectivity index (χ1) is 13.1. The minimum absolute atomic E-state index is 0.0873. The number of aryl methyl sites for hydroxylation is 1. The van der Waals surface area contributed by atoms with Crippen molar-refractivity contribution in [3.8, 4) is 0 Å². The molecular formula is C20H22N4O3. The van der Waals surface area contributed by atoms with E-state index in [-0.39, 0.29) is 24.4 Å². The fourth-order valence-electron chi connectivity index (χ4n) is 2.72. The lowest BCUT2D eigenvalue weighted by atomic mass is 10.1. The number of rotatable bonds is 6. The van der Waals surface area contributed by atoms with Gasteiger partial charge in [0.15, 0.2) is 0 Å². The van der Waals surface area contributed by atoms with Crippen molar-refractivity contribution in [1.29, 1.82) is 0 Å². The van der Waals surface area contributed by atoms with E-state index in [2.05, 4.69) is 15.7 Å². The Morgan fingerprint density at radius 2 is 1.93 bits per heavy atom. The van der Waals surface area contributed by atoms with E-state index in [9.17, 15) is 9.59 Å². The molecule has 0 spiro atoms. The van der Waals surface area contributed by atoms with Crippen LogP contribution in [0.15, 0.2) is 59.6 Å². The van der Waals surface area contributed by atoms with Gasteiger partial charge < -0.3 is 10.1 Å². The summed E-state index contributed by atoms with van der Waals surface area (Å²) in [6.45, 7) is 2.17. The van der Waals surface area contributed by atoms with Gasteiger partial charge in [0.25, 0.3) is 11.8 Å². The third-order valence-electron chi connectivity index (χ3n) is 4.25. The predicted molar refractivity (Wildman–Crippen MR) is 103 cm³/mol. The fraction of sp³-hybridized carbons (Fsp3) is 0.250. The molecule has 0 saturated heterocycles. The molecule has 1 aliphatic rings. The van der Waals surface area contributed by atoms with Gasteiger partial charge in [0.1, 0.15) is 6.54 Å². The molecular weight excluding hydrogens is 344 g/mol. The molecule has 2 amide bonds. The van der Waals surface area contributed by atoms with Crippen LogP contribution in [0.25, 0.3) is 0 Å². The smallest absolute Gasteiger partial charge is 0.288 e. The van der Waals surface area contributed by atoms with Crippen molar-refractivity contribution in [1.82, 2.24) is 10.7 Å². The highest BCUT2D eigenvalue weighted by Crippen LogP contribution is 2.16. The first kappa shape index (κ1) is 18.6. The molecule has 1 aliphatic heterocycles. The minimum Gasteiger partial charge on any atom is -0.375 e. The van der Waals surface area contributed by atoms with Crippen LogP contribution >= 0.6 is 0 Å². The maximum absolute atomic E-state index is 12.5. The zero-order valence-electron chi connectivity index (χ0n) is 15.3. The number of amidine groups is 1. The Morgan fingerprint density at radius 3 is 2.59 bits per heavy atom. The first-order valence-corrected chi connectivity index (χ1v) is 8.65. The third kappa shape index (κ3) is 4.51. The Bertz CT molecular complexity index is 834. The van der Waals surface area contributed by atoms with Crippen LogP contribution in [0.1, 0.15) is 17.2 Å². The Labute approximate surface area is 158 Å². The number of ether oxygens (including phenoxy) is 1. The van der Waals surface area contributed by atoms with Gasteiger partial charge in [-0.15, -0.1) is 0 Å². The summed E-state index contributed by atoms with van der Waals surface area (Å²) < 4.78 is 5.45. The van der Waals surface area contributed by atoms with Gasteiger partial charge in [0.05, 0.1) is 11.8 Å². The molecule has 1 unspecified atom stereocenters. The van der Waals surface area contributed by atoms with Crippen molar-refractivity contribution < 1.29 is 14.3 Å². The van der Waals surface area contributed by atoms with Crippen molar-refractivity contribution in [3.63, 3.8) is 0 Å². The number of amides is 2. The van der Waals surface area contributed by atoms with E-state index in [1.54, 1.807) is 7.11 Å². The van der Waals surface area contributed by atoms with Crippen LogP contribution in [0.2, 0.25) is 0 Å². The van der Waals surface area contributed by atoms with Crippen molar-refractivity contribution in [2.24, 2.45) is 4.99 Å². The van der Waals surface area contributed by atoms with Crippen LogP contribution in [-0.2, 0) is 14.3 Å². The van der Waals surface area contributed by atoms with E-state index in [0.29, 0.717) is 12.2 Å². The van der Waals surface area contributed by atoms with Gasteiger partial charge in [-0.1, -0.05) is 48.0 Å². The summed E-state index contributed by atoms with van der Waals surface area (Å²) in [4.78, 5) is 28.7. The monoisotopic (exact) mass is 366 g/mol. The van der Waals surface area contributed by atoms with E-state index in [1.165, 1.54) is 5.01 Å². The second-order valence-corrected chi connectivity index (χ2v) is 6.19. The number of carbonyl (C=O) groups is 2. The molecule has 140 valence electrons. The number of hydrogen-bond donors (Lipinski definition) is 2. The molecule has 1 heterocycles. The van der Waals surface area contributed by atoms with Crippen molar-refractivity contribution in [2.75, 3.05) is 25.2 Å².